The summed E-state index contributed by atoms with van der Waals surface area (Å²) in [7, 11) is 0. The van der Waals surface area contributed by atoms with Gasteiger partial charge in [-0.05, 0) is 49.2 Å². The van der Waals surface area contributed by atoms with Gasteiger partial charge in [0.05, 0.1) is 11.3 Å². The molecular weight excluding hydrogens is 421 g/mol. The molecule has 1 aromatic heterocycles. The van der Waals surface area contributed by atoms with Crippen molar-refractivity contribution in [3.63, 3.8) is 0 Å². The summed E-state index contributed by atoms with van der Waals surface area (Å²) in [5.74, 6) is -0.414. The van der Waals surface area contributed by atoms with E-state index in [2.05, 4.69) is 20.8 Å². The number of anilines is 3. The number of amides is 1. The fourth-order valence-electron chi connectivity index (χ4n) is 2.42. The Balaban J connectivity index is 1.56. The fraction of sp³-hybridized carbons (Fsp3) is 0.211. The van der Waals surface area contributed by atoms with Crippen molar-refractivity contribution in [3.05, 3.63) is 59.2 Å². The molecule has 10 heteroatoms. The molecule has 0 aliphatic rings. The van der Waals surface area contributed by atoms with Gasteiger partial charge in [-0.15, -0.1) is 10.2 Å². The summed E-state index contributed by atoms with van der Waals surface area (Å²) in [5, 5.41) is 14.4. The quantitative estimate of drug-likeness (QED) is 0.487. The summed E-state index contributed by atoms with van der Waals surface area (Å²) in [5.41, 5.74) is 2.48. The zero-order valence-electron chi connectivity index (χ0n) is 15.5. The number of nitrogens with one attached hydrogen (secondary N) is 2. The molecule has 0 unspecified atom stereocenters. The van der Waals surface area contributed by atoms with E-state index in [0.29, 0.717) is 9.47 Å². The molecule has 2 aromatic carbocycles. The maximum atomic E-state index is 12.7. The van der Waals surface area contributed by atoms with Crippen molar-refractivity contribution in [2.24, 2.45) is 0 Å². The highest BCUT2D eigenvalue weighted by molar-refractivity contribution is 8.01. The molecule has 152 valence electrons. The lowest BCUT2D eigenvalue weighted by Gasteiger charge is -2.09. The highest BCUT2D eigenvalue weighted by Crippen LogP contribution is 2.31. The van der Waals surface area contributed by atoms with Gasteiger partial charge in [-0.3, -0.25) is 4.79 Å². The predicted octanol–water partition coefficient (Wildman–Crippen LogP) is 5.65. The van der Waals surface area contributed by atoms with E-state index in [9.17, 15) is 18.0 Å². The monoisotopic (exact) mass is 438 g/mol. The lowest BCUT2D eigenvalue weighted by molar-refractivity contribution is -0.137. The molecule has 0 saturated heterocycles. The smallest absolute Gasteiger partial charge is 0.330 e. The molecule has 0 aliphatic carbocycles. The number of aryl methyl sites for hydroxylation is 1. The van der Waals surface area contributed by atoms with E-state index in [-0.39, 0.29) is 11.4 Å². The van der Waals surface area contributed by atoms with Crippen molar-refractivity contribution in [2.45, 2.75) is 24.4 Å². The van der Waals surface area contributed by atoms with Gasteiger partial charge < -0.3 is 10.6 Å². The van der Waals surface area contributed by atoms with Crippen LogP contribution in [0.25, 0.3) is 0 Å². The molecular formula is C19H17F3N4OS2. The minimum atomic E-state index is -4.46. The lowest BCUT2D eigenvalue weighted by Crippen LogP contribution is -2.15. The first kappa shape index (κ1) is 21.1. The van der Waals surface area contributed by atoms with Crippen molar-refractivity contribution in [1.82, 2.24) is 10.2 Å². The van der Waals surface area contributed by atoms with Gasteiger partial charge in [0.2, 0.25) is 11.0 Å². The molecule has 2 N–H and O–H groups in total. The number of hydrogen-bond donors (Lipinski definition) is 2. The first-order valence-electron chi connectivity index (χ1n) is 8.49. The van der Waals surface area contributed by atoms with Crippen LogP contribution in [0.15, 0.2) is 46.8 Å². The molecule has 0 bridgehead atoms. The molecule has 29 heavy (non-hydrogen) atoms. The number of carbonyl (C=O) groups is 1. The third kappa shape index (κ3) is 5.70. The Kier molecular flexibility index (Phi) is 6.43. The van der Waals surface area contributed by atoms with Gasteiger partial charge in [0.15, 0.2) is 4.34 Å². The summed E-state index contributed by atoms with van der Waals surface area (Å²) in [6.45, 7) is 4.03. The van der Waals surface area contributed by atoms with Gasteiger partial charge in [-0.2, -0.15) is 13.2 Å². The third-order valence-corrected chi connectivity index (χ3v) is 6.03. The topological polar surface area (TPSA) is 66.9 Å². The third-order valence-electron chi connectivity index (χ3n) is 4.05. The highest BCUT2D eigenvalue weighted by Gasteiger charge is 2.30. The number of nitrogens with zero attached hydrogens (tertiary/aromatic N) is 2. The molecule has 1 heterocycles. The molecule has 0 atom stereocenters. The summed E-state index contributed by atoms with van der Waals surface area (Å²) < 4.78 is 38.8. The Morgan fingerprint density at radius 1 is 1.14 bits per heavy atom. The second kappa shape index (κ2) is 8.83. The molecule has 0 fully saturated rings. The molecule has 0 saturated carbocycles. The average Bonchev–Trinajstić information content (AvgIpc) is 3.11. The van der Waals surface area contributed by atoms with Crippen LogP contribution >= 0.6 is 23.1 Å². The van der Waals surface area contributed by atoms with Crippen LogP contribution in [-0.2, 0) is 11.0 Å². The Labute approximate surface area is 173 Å². The van der Waals surface area contributed by atoms with E-state index >= 15 is 0 Å². The second-order valence-corrected chi connectivity index (χ2v) is 8.36. The van der Waals surface area contributed by atoms with Crippen molar-refractivity contribution in [1.29, 1.82) is 0 Å². The van der Waals surface area contributed by atoms with Crippen molar-refractivity contribution >= 4 is 45.5 Å². The zero-order valence-corrected chi connectivity index (χ0v) is 17.1. The van der Waals surface area contributed by atoms with E-state index < -0.39 is 17.6 Å². The van der Waals surface area contributed by atoms with Gasteiger partial charge >= 0.3 is 6.18 Å². The lowest BCUT2D eigenvalue weighted by atomic mass is 10.1. The maximum absolute atomic E-state index is 12.7. The van der Waals surface area contributed by atoms with Crippen LogP contribution in [0.1, 0.15) is 16.7 Å². The first-order chi connectivity index (χ1) is 13.7. The van der Waals surface area contributed by atoms with Crippen molar-refractivity contribution in [3.8, 4) is 0 Å². The average molecular weight is 439 g/mol. The van der Waals surface area contributed by atoms with Crippen LogP contribution in [0.3, 0.4) is 0 Å². The Bertz CT molecular complexity index is 1020. The number of hydrogen-bond acceptors (Lipinski definition) is 6. The standard InChI is InChI=1S/C19H17F3N4OS2/c1-11-5-3-8-15(12(11)2)24-17-25-26-18(29-17)28-10-16(27)23-14-7-4-6-13(9-14)19(20,21)22/h3-9H,10H2,1-2H3,(H,23,27)(H,24,25). The molecule has 0 spiro atoms. The van der Waals surface area contributed by atoms with E-state index in [1.165, 1.54) is 35.2 Å². The number of rotatable bonds is 6. The fourth-order valence-corrected chi connectivity index (χ4v) is 3.98. The normalized spacial score (nSPS) is 11.3. The van der Waals surface area contributed by atoms with Gasteiger partial charge in [0.1, 0.15) is 0 Å². The van der Waals surface area contributed by atoms with E-state index in [1.54, 1.807) is 0 Å². The minimum Gasteiger partial charge on any atom is -0.330 e. The van der Waals surface area contributed by atoms with Gasteiger partial charge in [-0.25, -0.2) is 0 Å². The van der Waals surface area contributed by atoms with Crippen molar-refractivity contribution < 1.29 is 18.0 Å². The number of aromatic nitrogens is 2. The SMILES string of the molecule is Cc1cccc(Nc2nnc(SCC(=O)Nc3cccc(C(F)(F)F)c3)s2)c1C. The van der Waals surface area contributed by atoms with E-state index in [0.717, 1.165) is 28.9 Å². The summed E-state index contributed by atoms with van der Waals surface area (Å²) in [4.78, 5) is 12.1. The number of halogens is 3. The predicted molar refractivity (Wildman–Crippen MR) is 110 cm³/mol. The van der Waals surface area contributed by atoms with Crippen molar-refractivity contribution in [2.75, 3.05) is 16.4 Å². The largest absolute Gasteiger partial charge is 0.416 e. The first-order valence-corrected chi connectivity index (χ1v) is 10.3. The number of alkyl halides is 3. The van der Waals surface area contributed by atoms with Crippen LogP contribution in [0.2, 0.25) is 0 Å². The van der Waals surface area contributed by atoms with Gasteiger partial charge in [0, 0.05) is 11.4 Å². The van der Waals surface area contributed by atoms with Gasteiger partial charge in [0.25, 0.3) is 0 Å². The molecule has 0 radical (unpaired) electrons. The maximum Gasteiger partial charge on any atom is 0.416 e. The number of carbonyl (C=O) groups excluding carboxylic acids is 1. The molecule has 3 rings (SSSR count). The summed E-state index contributed by atoms with van der Waals surface area (Å²) in [6, 6.07) is 10.4. The Hall–Kier alpha value is -2.59. The molecule has 1 amide bonds. The van der Waals surface area contributed by atoms with Crippen LogP contribution in [-0.4, -0.2) is 21.9 Å². The number of benzene rings is 2. The molecule has 5 nitrogen and oxygen atoms in total. The van der Waals surface area contributed by atoms with Crippen LogP contribution in [0, 0.1) is 13.8 Å². The molecule has 3 aromatic rings. The number of thioether (sulfide) groups is 1. The Morgan fingerprint density at radius 3 is 2.66 bits per heavy atom. The zero-order chi connectivity index (χ0) is 21.0. The van der Waals surface area contributed by atoms with E-state index in [4.69, 9.17) is 0 Å². The van der Waals surface area contributed by atoms with Gasteiger partial charge in [-0.1, -0.05) is 41.3 Å². The van der Waals surface area contributed by atoms with Crippen LogP contribution in [0.5, 0.6) is 0 Å². The second-order valence-electron chi connectivity index (χ2n) is 6.16. The molecule has 0 aliphatic heterocycles. The van der Waals surface area contributed by atoms with Crippen LogP contribution < -0.4 is 10.6 Å². The minimum absolute atomic E-state index is 0.00829. The van der Waals surface area contributed by atoms with Crippen LogP contribution in [0.4, 0.5) is 29.7 Å². The highest BCUT2D eigenvalue weighted by atomic mass is 32.2. The summed E-state index contributed by atoms with van der Waals surface area (Å²) in [6.07, 6.45) is -4.46. The van der Waals surface area contributed by atoms with E-state index in [1.807, 2.05) is 32.0 Å². The Morgan fingerprint density at radius 2 is 1.90 bits per heavy atom. The summed E-state index contributed by atoms with van der Waals surface area (Å²) >= 11 is 2.46.